The van der Waals surface area contributed by atoms with Crippen molar-refractivity contribution in [2.24, 2.45) is 0 Å². The van der Waals surface area contributed by atoms with E-state index in [1.807, 2.05) is 54.6 Å². The van der Waals surface area contributed by atoms with Gasteiger partial charge in [0.05, 0.1) is 11.6 Å². The SMILES string of the molecule is COc1cc(CNc2ccc3c(c2)OCO3)cc(Br)c1OCc1ccc(Cl)cc1. The van der Waals surface area contributed by atoms with E-state index in [4.69, 9.17) is 30.5 Å². The van der Waals surface area contributed by atoms with E-state index in [0.29, 0.717) is 29.7 Å². The lowest BCUT2D eigenvalue weighted by atomic mass is 10.2. The van der Waals surface area contributed by atoms with Crippen molar-refractivity contribution in [3.8, 4) is 23.0 Å². The number of halogens is 2. The number of nitrogens with one attached hydrogen (secondary N) is 1. The fraction of sp³-hybridized carbons (Fsp3) is 0.182. The standard InChI is InChI=1S/C22H19BrClNO4/c1-26-21-9-15(11-25-17-6-7-19-20(10-17)29-13-28-19)8-18(23)22(21)27-12-14-2-4-16(24)5-3-14/h2-10,25H,11-13H2,1H3. The van der Waals surface area contributed by atoms with Gasteiger partial charge in [0.2, 0.25) is 6.79 Å². The van der Waals surface area contributed by atoms with Crippen LogP contribution in [0.2, 0.25) is 5.02 Å². The molecule has 0 fully saturated rings. The number of fused-ring (bicyclic) bond motifs is 1. The second kappa shape index (κ2) is 8.84. The molecule has 0 amide bonds. The molecular formula is C22H19BrClNO4. The fourth-order valence-electron chi connectivity index (χ4n) is 2.96. The predicted molar refractivity (Wildman–Crippen MR) is 116 cm³/mol. The van der Waals surface area contributed by atoms with Crippen molar-refractivity contribution in [2.45, 2.75) is 13.2 Å². The molecule has 150 valence electrons. The zero-order chi connectivity index (χ0) is 20.2. The highest BCUT2D eigenvalue weighted by molar-refractivity contribution is 9.10. The van der Waals surface area contributed by atoms with E-state index in [1.165, 1.54) is 0 Å². The zero-order valence-electron chi connectivity index (χ0n) is 15.7. The van der Waals surface area contributed by atoms with E-state index in [9.17, 15) is 0 Å². The third kappa shape index (κ3) is 4.71. The lowest BCUT2D eigenvalue weighted by Gasteiger charge is -2.15. The maximum atomic E-state index is 5.99. The molecule has 1 aliphatic heterocycles. The maximum absolute atomic E-state index is 5.99. The van der Waals surface area contributed by atoms with Crippen molar-refractivity contribution in [1.29, 1.82) is 0 Å². The molecular weight excluding hydrogens is 458 g/mol. The topological polar surface area (TPSA) is 49.0 Å². The van der Waals surface area contributed by atoms with Gasteiger partial charge in [0, 0.05) is 23.3 Å². The minimum Gasteiger partial charge on any atom is -0.493 e. The van der Waals surface area contributed by atoms with Crippen LogP contribution in [0, 0.1) is 0 Å². The monoisotopic (exact) mass is 475 g/mol. The summed E-state index contributed by atoms with van der Waals surface area (Å²) < 4.78 is 23.1. The molecule has 29 heavy (non-hydrogen) atoms. The number of anilines is 1. The summed E-state index contributed by atoms with van der Waals surface area (Å²) in [7, 11) is 1.63. The molecule has 1 N–H and O–H groups in total. The first-order valence-corrected chi connectivity index (χ1v) is 10.2. The summed E-state index contributed by atoms with van der Waals surface area (Å²) in [5.74, 6) is 2.84. The van der Waals surface area contributed by atoms with Crippen molar-refractivity contribution in [1.82, 2.24) is 0 Å². The van der Waals surface area contributed by atoms with Gasteiger partial charge >= 0.3 is 0 Å². The molecule has 1 heterocycles. The molecule has 5 nitrogen and oxygen atoms in total. The van der Waals surface area contributed by atoms with Gasteiger partial charge < -0.3 is 24.3 Å². The summed E-state index contributed by atoms with van der Waals surface area (Å²) in [4.78, 5) is 0. The van der Waals surface area contributed by atoms with E-state index in [2.05, 4.69) is 21.2 Å². The van der Waals surface area contributed by atoms with Gasteiger partial charge in [-0.25, -0.2) is 0 Å². The van der Waals surface area contributed by atoms with Crippen LogP contribution in [-0.2, 0) is 13.2 Å². The third-order valence-electron chi connectivity index (χ3n) is 4.45. The Kier molecular flexibility index (Phi) is 6.02. The van der Waals surface area contributed by atoms with E-state index >= 15 is 0 Å². The summed E-state index contributed by atoms with van der Waals surface area (Å²) in [6.07, 6.45) is 0. The minimum atomic E-state index is 0.264. The van der Waals surface area contributed by atoms with Crippen LogP contribution in [0.3, 0.4) is 0 Å². The Bertz CT molecular complexity index is 1010. The molecule has 3 aromatic rings. The number of hydrogen-bond donors (Lipinski definition) is 1. The summed E-state index contributed by atoms with van der Waals surface area (Å²) in [6, 6.07) is 17.3. The van der Waals surface area contributed by atoms with Gasteiger partial charge in [0.1, 0.15) is 6.61 Å². The van der Waals surface area contributed by atoms with Gasteiger partial charge in [-0.3, -0.25) is 0 Å². The molecule has 0 aliphatic carbocycles. The number of ether oxygens (including phenoxy) is 4. The Morgan fingerprint density at radius 1 is 1.00 bits per heavy atom. The molecule has 0 radical (unpaired) electrons. The second-order valence-electron chi connectivity index (χ2n) is 6.45. The van der Waals surface area contributed by atoms with Crippen molar-refractivity contribution in [2.75, 3.05) is 19.2 Å². The van der Waals surface area contributed by atoms with Crippen LogP contribution < -0.4 is 24.3 Å². The average Bonchev–Trinajstić information content (AvgIpc) is 3.20. The molecule has 0 unspecified atom stereocenters. The highest BCUT2D eigenvalue weighted by Gasteiger charge is 2.14. The van der Waals surface area contributed by atoms with Gasteiger partial charge in [-0.05, 0) is 63.5 Å². The van der Waals surface area contributed by atoms with Crippen LogP contribution in [0.4, 0.5) is 5.69 Å². The Labute approximate surface area is 182 Å². The number of hydrogen-bond acceptors (Lipinski definition) is 5. The van der Waals surface area contributed by atoms with E-state index in [0.717, 1.165) is 32.8 Å². The highest BCUT2D eigenvalue weighted by atomic mass is 79.9. The minimum absolute atomic E-state index is 0.264. The molecule has 0 saturated heterocycles. The number of methoxy groups -OCH3 is 1. The van der Waals surface area contributed by atoms with Crippen LogP contribution in [-0.4, -0.2) is 13.9 Å². The van der Waals surface area contributed by atoms with E-state index in [1.54, 1.807) is 7.11 Å². The number of rotatable bonds is 7. The first kappa shape index (κ1) is 19.7. The summed E-state index contributed by atoms with van der Waals surface area (Å²) >= 11 is 9.53. The normalized spacial score (nSPS) is 12.0. The molecule has 7 heteroatoms. The van der Waals surface area contributed by atoms with Crippen molar-refractivity contribution in [3.05, 3.63) is 75.2 Å². The first-order valence-electron chi connectivity index (χ1n) is 8.99. The van der Waals surface area contributed by atoms with Gasteiger partial charge in [-0.15, -0.1) is 0 Å². The third-order valence-corrected chi connectivity index (χ3v) is 5.30. The van der Waals surface area contributed by atoms with Crippen molar-refractivity contribution < 1.29 is 18.9 Å². The van der Waals surface area contributed by atoms with Gasteiger partial charge in [0.15, 0.2) is 23.0 Å². The quantitative estimate of drug-likeness (QED) is 0.451. The lowest BCUT2D eigenvalue weighted by Crippen LogP contribution is -2.03. The Balaban J connectivity index is 1.44. The average molecular weight is 477 g/mol. The lowest BCUT2D eigenvalue weighted by molar-refractivity contribution is 0.174. The van der Waals surface area contributed by atoms with Crippen molar-refractivity contribution >= 4 is 33.2 Å². The second-order valence-corrected chi connectivity index (χ2v) is 7.74. The molecule has 0 bridgehead atoms. The van der Waals surface area contributed by atoms with Crippen LogP contribution in [0.5, 0.6) is 23.0 Å². The molecule has 0 aromatic heterocycles. The number of benzene rings is 3. The Morgan fingerprint density at radius 3 is 2.59 bits per heavy atom. The van der Waals surface area contributed by atoms with E-state index < -0.39 is 0 Å². The Hall–Kier alpha value is -2.57. The van der Waals surface area contributed by atoms with E-state index in [-0.39, 0.29) is 6.79 Å². The molecule has 0 atom stereocenters. The fourth-order valence-corrected chi connectivity index (χ4v) is 3.69. The van der Waals surface area contributed by atoms with Gasteiger partial charge in [-0.1, -0.05) is 23.7 Å². The van der Waals surface area contributed by atoms with Gasteiger partial charge in [0.25, 0.3) is 0 Å². The summed E-state index contributed by atoms with van der Waals surface area (Å²) in [5.41, 5.74) is 3.02. The predicted octanol–water partition coefficient (Wildman–Crippen LogP) is 6.03. The summed E-state index contributed by atoms with van der Waals surface area (Å²) in [6.45, 7) is 1.30. The van der Waals surface area contributed by atoms with Gasteiger partial charge in [-0.2, -0.15) is 0 Å². The highest BCUT2D eigenvalue weighted by Crippen LogP contribution is 2.38. The summed E-state index contributed by atoms with van der Waals surface area (Å²) in [5, 5.41) is 4.09. The van der Waals surface area contributed by atoms with Crippen molar-refractivity contribution in [3.63, 3.8) is 0 Å². The molecule has 4 rings (SSSR count). The molecule has 1 aliphatic rings. The van der Waals surface area contributed by atoms with Crippen LogP contribution >= 0.6 is 27.5 Å². The maximum Gasteiger partial charge on any atom is 0.231 e. The zero-order valence-corrected chi connectivity index (χ0v) is 18.0. The van der Waals surface area contributed by atoms with Crippen LogP contribution in [0.25, 0.3) is 0 Å². The smallest absolute Gasteiger partial charge is 0.231 e. The molecule has 3 aromatic carbocycles. The molecule has 0 saturated carbocycles. The van der Waals surface area contributed by atoms with Crippen LogP contribution in [0.15, 0.2) is 59.1 Å². The first-order chi connectivity index (χ1) is 14.1. The van der Waals surface area contributed by atoms with Crippen LogP contribution in [0.1, 0.15) is 11.1 Å². The Morgan fingerprint density at radius 2 is 1.79 bits per heavy atom. The largest absolute Gasteiger partial charge is 0.493 e. The molecule has 0 spiro atoms.